The minimum Gasteiger partial charge on any atom is -0.481 e. The van der Waals surface area contributed by atoms with Crippen molar-refractivity contribution in [2.24, 2.45) is 0 Å². The van der Waals surface area contributed by atoms with Crippen LogP contribution in [0.3, 0.4) is 0 Å². The number of halogens is 2. The molecule has 1 atom stereocenters. The molecule has 1 rings (SSSR count). The molecule has 1 aromatic carbocycles. The Hall–Kier alpha value is -1.30. The summed E-state index contributed by atoms with van der Waals surface area (Å²) in [6.07, 6.45) is 0.760. The molecule has 6 heteroatoms. The van der Waals surface area contributed by atoms with Gasteiger partial charge in [0.05, 0.1) is 15.7 Å². The molecule has 0 aliphatic carbocycles. The molecule has 3 nitrogen and oxygen atoms in total. The van der Waals surface area contributed by atoms with Gasteiger partial charge in [0.15, 0.2) is 0 Å². The maximum absolute atomic E-state index is 13.2. The second kappa shape index (κ2) is 6.44. The monoisotopic (exact) mass is 262 g/mol. The van der Waals surface area contributed by atoms with Crippen LogP contribution < -0.4 is 0 Å². The van der Waals surface area contributed by atoms with Crippen LogP contribution in [0.1, 0.15) is 19.3 Å². The normalized spacial score (nSPS) is 12.4. The summed E-state index contributed by atoms with van der Waals surface area (Å²) < 4.78 is 37.6. The third-order valence-electron chi connectivity index (χ3n) is 2.11. The Balaban J connectivity index is 2.52. The first kappa shape index (κ1) is 13.8. The number of unbranched alkanes of at least 4 members (excludes halogenated alkanes) is 1. The second-order valence-electron chi connectivity index (χ2n) is 3.48. The summed E-state index contributed by atoms with van der Waals surface area (Å²) in [6, 6.07) is 2.79. The van der Waals surface area contributed by atoms with Crippen molar-refractivity contribution in [3.05, 3.63) is 29.8 Å². The number of carbonyl (C=O) groups is 1. The molecule has 94 valence electrons. The number of hydrogen-bond acceptors (Lipinski definition) is 2. The van der Waals surface area contributed by atoms with E-state index in [2.05, 4.69) is 0 Å². The van der Waals surface area contributed by atoms with Crippen molar-refractivity contribution in [2.45, 2.75) is 24.2 Å². The van der Waals surface area contributed by atoms with Gasteiger partial charge >= 0.3 is 5.97 Å². The van der Waals surface area contributed by atoms with Gasteiger partial charge in [0.25, 0.3) is 0 Å². The zero-order chi connectivity index (χ0) is 12.8. The van der Waals surface area contributed by atoms with Gasteiger partial charge in [0, 0.05) is 12.2 Å². The standard InChI is InChI=1S/C11H12F2O3S/c12-8-4-5-9(13)10(7-8)17(16)6-2-1-3-11(14)15/h4-5,7H,1-3,6H2,(H,14,15). The van der Waals surface area contributed by atoms with E-state index in [9.17, 15) is 17.8 Å². The molecule has 1 N–H and O–H groups in total. The lowest BCUT2D eigenvalue weighted by molar-refractivity contribution is -0.137. The minimum atomic E-state index is -1.63. The van der Waals surface area contributed by atoms with Gasteiger partial charge in [-0.15, -0.1) is 0 Å². The number of aliphatic carboxylic acids is 1. The van der Waals surface area contributed by atoms with Crippen LogP contribution in [0, 0.1) is 11.6 Å². The molecular formula is C11H12F2O3S. The van der Waals surface area contributed by atoms with Crippen molar-refractivity contribution < 1.29 is 22.9 Å². The quantitative estimate of drug-likeness (QED) is 0.800. The predicted octanol–water partition coefficient (Wildman–Crippen LogP) is 2.33. The summed E-state index contributed by atoms with van der Waals surface area (Å²) in [5.41, 5.74) is 0. The molecule has 0 spiro atoms. The first-order valence-electron chi connectivity index (χ1n) is 5.06. The first-order valence-corrected chi connectivity index (χ1v) is 6.38. The topological polar surface area (TPSA) is 54.4 Å². The van der Waals surface area contributed by atoms with Crippen LogP contribution in [0.4, 0.5) is 8.78 Å². The SMILES string of the molecule is O=C(O)CCCCS(=O)c1cc(F)ccc1F. The molecule has 0 aliphatic rings. The zero-order valence-electron chi connectivity index (χ0n) is 8.99. The number of rotatable bonds is 6. The van der Waals surface area contributed by atoms with Gasteiger partial charge < -0.3 is 5.11 Å². The maximum atomic E-state index is 13.2. The maximum Gasteiger partial charge on any atom is 0.303 e. The summed E-state index contributed by atoms with van der Waals surface area (Å²) in [5.74, 6) is -2.14. The van der Waals surface area contributed by atoms with Gasteiger partial charge in [0.2, 0.25) is 0 Å². The molecule has 1 aromatic rings. The van der Waals surface area contributed by atoms with E-state index >= 15 is 0 Å². The van der Waals surface area contributed by atoms with E-state index < -0.39 is 28.4 Å². The molecule has 0 saturated heterocycles. The first-order chi connectivity index (χ1) is 8.00. The highest BCUT2D eigenvalue weighted by atomic mass is 32.2. The number of benzene rings is 1. The summed E-state index contributed by atoms with van der Waals surface area (Å²) >= 11 is 0. The van der Waals surface area contributed by atoms with Crippen molar-refractivity contribution in [3.8, 4) is 0 Å². The molecule has 0 aliphatic heterocycles. The third kappa shape index (κ3) is 4.60. The number of carboxylic acid groups (broad SMARTS) is 1. The van der Waals surface area contributed by atoms with E-state index in [4.69, 9.17) is 5.11 Å². The van der Waals surface area contributed by atoms with E-state index in [1.54, 1.807) is 0 Å². The molecule has 0 saturated carbocycles. The van der Waals surface area contributed by atoms with Crippen molar-refractivity contribution >= 4 is 16.8 Å². The number of hydrogen-bond donors (Lipinski definition) is 1. The molecule has 1 unspecified atom stereocenters. The highest BCUT2D eigenvalue weighted by molar-refractivity contribution is 7.85. The van der Waals surface area contributed by atoms with Crippen LogP contribution in [0.15, 0.2) is 23.1 Å². The van der Waals surface area contributed by atoms with E-state index in [1.807, 2.05) is 0 Å². The minimum absolute atomic E-state index is 0.0111. The van der Waals surface area contributed by atoms with Gasteiger partial charge in [-0.25, -0.2) is 8.78 Å². The van der Waals surface area contributed by atoms with Crippen LogP contribution in [0.25, 0.3) is 0 Å². The molecule has 0 heterocycles. The van der Waals surface area contributed by atoms with E-state index in [1.165, 1.54) is 0 Å². The number of carboxylic acids is 1. The summed E-state index contributed by atoms with van der Waals surface area (Å²) in [7, 11) is -1.63. The fraction of sp³-hybridized carbons (Fsp3) is 0.364. The highest BCUT2D eigenvalue weighted by Gasteiger charge is 2.11. The van der Waals surface area contributed by atoms with Crippen LogP contribution in [0.5, 0.6) is 0 Å². The average Bonchev–Trinajstić information content (AvgIpc) is 2.27. The van der Waals surface area contributed by atoms with Crippen LogP contribution in [-0.4, -0.2) is 21.0 Å². The summed E-state index contributed by atoms with van der Waals surface area (Å²) in [5, 5.41) is 8.39. The highest BCUT2D eigenvalue weighted by Crippen LogP contribution is 2.15. The Morgan fingerprint density at radius 1 is 1.29 bits per heavy atom. The lowest BCUT2D eigenvalue weighted by atomic mass is 10.2. The van der Waals surface area contributed by atoms with Gasteiger partial charge in [-0.1, -0.05) is 0 Å². The molecule has 0 aromatic heterocycles. The largest absolute Gasteiger partial charge is 0.481 e. The van der Waals surface area contributed by atoms with Crippen LogP contribution >= 0.6 is 0 Å². The second-order valence-corrected chi connectivity index (χ2v) is 5.01. The summed E-state index contributed by atoms with van der Waals surface area (Å²) in [4.78, 5) is 10.1. The van der Waals surface area contributed by atoms with Crippen molar-refractivity contribution in [2.75, 3.05) is 5.75 Å². The molecule has 0 bridgehead atoms. The lowest BCUT2D eigenvalue weighted by Gasteiger charge is -2.03. The molecule has 0 amide bonds. The van der Waals surface area contributed by atoms with Crippen molar-refractivity contribution in [1.82, 2.24) is 0 Å². The molecular weight excluding hydrogens is 250 g/mol. The predicted molar refractivity (Wildman–Crippen MR) is 59.1 cm³/mol. The zero-order valence-corrected chi connectivity index (χ0v) is 9.80. The smallest absolute Gasteiger partial charge is 0.303 e. The van der Waals surface area contributed by atoms with Crippen molar-refractivity contribution in [1.29, 1.82) is 0 Å². The fourth-order valence-corrected chi connectivity index (χ4v) is 2.49. The van der Waals surface area contributed by atoms with E-state index in [-0.39, 0.29) is 17.1 Å². The Bertz CT molecular complexity index is 435. The molecule has 0 radical (unpaired) electrons. The average molecular weight is 262 g/mol. The molecule has 17 heavy (non-hydrogen) atoms. The van der Waals surface area contributed by atoms with Crippen molar-refractivity contribution in [3.63, 3.8) is 0 Å². The van der Waals surface area contributed by atoms with E-state index in [0.717, 1.165) is 18.2 Å². The van der Waals surface area contributed by atoms with Gasteiger partial charge in [-0.3, -0.25) is 9.00 Å². The van der Waals surface area contributed by atoms with Gasteiger partial charge in [-0.2, -0.15) is 0 Å². The third-order valence-corrected chi connectivity index (χ3v) is 3.57. The Morgan fingerprint density at radius 3 is 2.65 bits per heavy atom. The Morgan fingerprint density at radius 2 is 2.00 bits per heavy atom. The van der Waals surface area contributed by atoms with Crippen LogP contribution in [0.2, 0.25) is 0 Å². The Kier molecular flexibility index (Phi) is 5.21. The summed E-state index contributed by atoms with van der Waals surface area (Å²) in [6.45, 7) is 0. The van der Waals surface area contributed by atoms with Gasteiger partial charge in [-0.05, 0) is 31.0 Å². The lowest BCUT2D eigenvalue weighted by Crippen LogP contribution is -2.03. The fourth-order valence-electron chi connectivity index (χ4n) is 1.27. The van der Waals surface area contributed by atoms with Crippen LogP contribution in [-0.2, 0) is 15.6 Å². The van der Waals surface area contributed by atoms with E-state index in [0.29, 0.717) is 12.8 Å². The Labute approximate surface area is 99.9 Å². The molecule has 0 fully saturated rings. The van der Waals surface area contributed by atoms with Gasteiger partial charge in [0.1, 0.15) is 11.6 Å².